The van der Waals surface area contributed by atoms with Crippen molar-refractivity contribution in [3.8, 4) is 5.75 Å². The average Bonchev–Trinajstić information content (AvgIpc) is 2.79. The van der Waals surface area contributed by atoms with Gasteiger partial charge < -0.3 is 20.4 Å². The van der Waals surface area contributed by atoms with Crippen LogP contribution in [0.25, 0.3) is 0 Å². The SMILES string of the molecule is C[C@@H]1CC2C3C[C@H](F)c4cc(O)ccc4[C@@]3(F)[C@@H](O)C[C@]2(C)[C@@]1(O)C(=O)O. The summed E-state index contributed by atoms with van der Waals surface area (Å²) in [7, 11) is 0. The molecule has 7 heteroatoms. The zero-order valence-electron chi connectivity index (χ0n) is 15.2. The molecular formula is C20H24F2O5. The number of rotatable bonds is 1. The molecule has 2 saturated carbocycles. The highest BCUT2D eigenvalue weighted by Crippen LogP contribution is 2.69. The van der Waals surface area contributed by atoms with Gasteiger partial charge in [0.25, 0.3) is 0 Å². The summed E-state index contributed by atoms with van der Waals surface area (Å²) in [5.74, 6) is -3.78. The average molecular weight is 382 g/mol. The van der Waals surface area contributed by atoms with Gasteiger partial charge in [0.2, 0.25) is 0 Å². The summed E-state index contributed by atoms with van der Waals surface area (Å²) in [6.07, 6.45) is -3.36. The number of aliphatic carboxylic acids is 1. The number of alkyl halides is 2. The number of aromatic hydroxyl groups is 1. The van der Waals surface area contributed by atoms with Crippen LogP contribution in [0.5, 0.6) is 5.75 Å². The molecule has 1 aromatic rings. The second kappa shape index (κ2) is 5.41. The van der Waals surface area contributed by atoms with Crippen LogP contribution in [0.2, 0.25) is 0 Å². The van der Waals surface area contributed by atoms with Gasteiger partial charge in [-0.1, -0.05) is 19.9 Å². The van der Waals surface area contributed by atoms with Gasteiger partial charge in [-0.3, -0.25) is 0 Å². The van der Waals surface area contributed by atoms with E-state index in [0.717, 1.165) is 0 Å². The third-order valence-corrected chi connectivity index (χ3v) is 7.71. The number of benzene rings is 1. The van der Waals surface area contributed by atoms with E-state index in [1.54, 1.807) is 13.8 Å². The monoisotopic (exact) mass is 382 g/mol. The number of hydrogen-bond acceptors (Lipinski definition) is 4. The van der Waals surface area contributed by atoms with Crippen LogP contribution in [-0.2, 0) is 10.5 Å². The molecule has 0 bridgehead atoms. The molecule has 0 aliphatic heterocycles. The highest BCUT2D eigenvalue weighted by atomic mass is 19.1. The lowest BCUT2D eigenvalue weighted by Crippen LogP contribution is -2.63. The van der Waals surface area contributed by atoms with E-state index in [2.05, 4.69) is 0 Å². The van der Waals surface area contributed by atoms with Crippen LogP contribution in [0.4, 0.5) is 8.78 Å². The lowest BCUT2D eigenvalue weighted by molar-refractivity contribution is -0.213. The van der Waals surface area contributed by atoms with Gasteiger partial charge in [0.15, 0.2) is 11.3 Å². The van der Waals surface area contributed by atoms with Crippen molar-refractivity contribution in [1.29, 1.82) is 0 Å². The summed E-state index contributed by atoms with van der Waals surface area (Å²) in [5.41, 5.74) is -5.60. The molecule has 3 aliphatic rings. The molecule has 0 amide bonds. The van der Waals surface area contributed by atoms with Crippen molar-refractivity contribution in [3.63, 3.8) is 0 Å². The molecule has 5 nitrogen and oxygen atoms in total. The molecule has 0 aromatic heterocycles. The Hall–Kier alpha value is -1.73. The maximum atomic E-state index is 16.4. The highest BCUT2D eigenvalue weighted by molar-refractivity contribution is 5.79. The summed E-state index contributed by atoms with van der Waals surface area (Å²) in [5, 5.41) is 41.2. The van der Waals surface area contributed by atoms with E-state index in [4.69, 9.17) is 0 Å². The van der Waals surface area contributed by atoms with E-state index in [1.807, 2.05) is 0 Å². The number of carboxylic acids is 1. The number of carboxylic acid groups (broad SMARTS) is 1. The second-order valence-corrected chi connectivity index (χ2v) is 8.80. The summed E-state index contributed by atoms with van der Waals surface area (Å²) in [6.45, 7) is 3.17. The van der Waals surface area contributed by atoms with E-state index in [9.17, 15) is 29.6 Å². The lowest BCUT2D eigenvalue weighted by atomic mass is 9.50. The number of fused-ring (bicyclic) bond motifs is 5. The molecule has 0 saturated heterocycles. The second-order valence-electron chi connectivity index (χ2n) is 8.80. The molecule has 0 heterocycles. The first-order valence-electron chi connectivity index (χ1n) is 9.28. The first kappa shape index (κ1) is 18.6. The Balaban J connectivity index is 1.89. The number of aliphatic hydroxyl groups is 2. The largest absolute Gasteiger partial charge is 0.508 e. The van der Waals surface area contributed by atoms with E-state index < -0.39 is 52.7 Å². The molecule has 148 valence electrons. The zero-order valence-corrected chi connectivity index (χ0v) is 15.2. The Labute approximate surface area is 155 Å². The molecule has 8 atom stereocenters. The van der Waals surface area contributed by atoms with Gasteiger partial charge in [0.1, 0.15) is 11.9 Å². The zero-order chi connectivity index (χ0) is 19.9. The van der Waals surface area contributed by atoms with Crippen LogP contribution in [0.15, 0.2) is 18.2 Å². The molecule has 3 aliphatic carbocycles. The maximum Gasteiger partial charge on any atom is 0.336 e. The Morgan fingerprint density at radius 2 is 1.93 bits per heavy atom. The van der Waals surface area contributed by atoms with Crippen LogP contribution >= 0.6 is 0 Å². The fraction of sp³-hybridized carbons (Fsp3) is 0.650. The minimum atomic E-state index is -2.25. The number of halogens is 2. The minimum Gasteiger partial charge on any atom is -0.508 e. The predicted molar refractivity (Wildman–Crippen MR) is 91.4 cm³/mol. The van der Waals surface area contributed by atoms with Crippen LogP contribution in [0.1, 0.15) is 50.4 Å². The van der Waals surface area contributed by atoms with Gasteiger partial charge in [-0.15, -0.1) is 0 Å². The van der Waals surface area contributed by atoms with Crippen molar-refractivity contribution in [1.82, 2.24) is 0 Å². The van der Waals surface area contributed by atoms with Crippen molar-refractivity contribution in [3.05, 3.63) is 29.3 Å². The Morgan fingerprint density at radius 3 is 2.56 bits per heavy atom. The van der Waals surface area contributed by atoms with Crippen molar-refractivity contribution in [2.75, 3.05) is 0 Å². The number of phenols is 1. The van der Waals surface area contributed by atoms with Crippen molar-refractivity contribution >= 4 is 5.97 Å². The predicted octanol–water partition coefficient (Wildman–Crippen LogP) is 2.83. The highest BCUT2D eigenvalue weighted by Gasteiger charge is 2.73. The quantitative estimate of drug-likeness (QED) is 0.599. The van der Waals surface area contributed by atoms with Crippen molar-refractivity contribution in [2.45, 2.75) is 56.7 Å². The van der Waals surface area contributed by atoms with Gasteiger partial charge >= 0.3 is 5.97 Å². The summed E-state index contributed by atoms with van der Waals surface area (Å²) in [6, 6.07) is 3.75. The standard InChI is InChI=1S/C20H24F2O5/c1-9-5-13-14-7-15(21)11-6-10(23)3-4-12(11)19(14,22)16(24)8-18(13,2)20(9,27)17(25)26/h3-4,6,9,13-16,23-24,27H,5,7-8H2,1-2H3,(H,25,26)/t9-,13?,14?,15+,16+,18+,19+,20+/m1/s1. The summed E-state index contributed by atoms with van der Waals surface area (Å²) >= 11 is 0. The molecule has 2 unspecified atom stereocenters. The molecule has 1 aromatic carbocycles. The fourth-order valence-corrected chi connectivity index (χ4v) is 6.34. The van der Waals surface area contributed by atoms with Gasteiger partial charge in [0.05, 0.1) is 6.10 Å². The maximum absolute atomic E-state index is 16.4. The molecule has 0 spiro atoms. The van der Waals surface area contributed by atoms with Crippen molar-refractivity contribution < 1.29 is 34.0 Å². The van der Waals surface area contributed by atoms with Crippen molar-refractivity contribution in [2.24, 2.45) is 23.2 Å². The van der Waals surface area contributed by atoms with E-state index in [0.29, 0.717) is 0 Å². The topological polar surface area (TPSA) is 98.0 Å². The number of hydrogen-bond donors (Lipinski definition) is 4. The Kier molecular flexibility index (Phi) is 3.73. The van der Waals surface area contributed by atoms with Gasteiger partial charge in [0, 0.05) is 11.3 Å². The summed E-state index contributed by atoms with van der Waals surface area (Å²) in [4.78, 5) is 11.9. The van der Waals surface area contributed by atoms with Gasteiger partial charge in [-0.25, -0.2) is 13.6 Å². The molecule has 0 radical (unpaired) electrons. The third kappa shape index (κ3) is 2.02. The van der Waals surface area contributed by atoms with Gasteiger partial charge in [-0.2, -0.15) is 0 Å². The first-order chi connectivity index (χ1) is 12.5. The molecule has 27 heavy (non-hydrogen) atoms. The van der Waals surface area contributed by atoms with Crippen LogP contribution in [0, 0.1) is 23.2 Å². The number of carbonyl (C=O) groups is 1. The smallest absolute Gasteiger partial charge is 0.336 e. The Morgan fingerprint density at radius 1 is 1.26 bits per heavy atom. The molecule has 4 rings (SSSR count). The lowest BCUT2D eigenvalue weighted by Gasteiger charge is -2.57. The fourth-order valence-electron chi connectivity index (χ4n) is 6.34. The van der Waals surface area contributed by atoms with E-state index in [1.165, 1.54) is 18.2 Å². The minimum absolute atomic E-state index is 0.0111. The third-order valence-electron chi connectivity index (χ3n) is 7.71. The number of phenolic OH excluding ortho intramolecular Hbond substituents is 1. The first-order valence-corrected chi connectivity index (χ1v) is 9.28. The molecule has 2 fully saturated rings. The Bertz CT molecular complexity index is 816. The van der Waals surface area contributed by atoms with Crippen LogP contribution in [-0.4, -0.2) is 38.1 Å². The number of aliphatic hydroxyl groups excluding tert-OH is 1. The molecule has 4 N–H and O–H groups in total. The van der Waals surface area contributed by atoms with E-state index >= 15 is 4.39 Å². The van der Waals surface area contributed by atoms with Crippen LogP contribution in [0.3, 0.4) is 0 Å². The van der Waals surface area contributed by atoms with Gasteiger partial charge in [-0.05, 0) is 54.4 Å². The summed E-state index contributed by atoms with van der Waals surface area (Å²) < 4.78 is 31.3. The normalized spacial score (nSPS) is 48.4. The molecular weight excluding hydrogens is 358 g/mol. The van der Waals surface area contributed by atoms with Crippen LogP contribution < -0.4 is 0 Å². The van der Waals surface area contributed by atoms with E-state index in [-0.39, 0.29) is 36.1 Å².